The number of hydrogen-bond acceptors (Lipinski definition) is 2. The van der Waals surface area contributed by atoms with Gasteiger partial charge in [-0.25, -0.2) is 8.78 Å². The number of hydrogen-bond donors (Lipinski definition) is 1. The van der Waals surface area contributed by atoms with Crippen LogP contribution in [0.3, 0.4) is 0 Å². The van der Waals surface area contributed by atoms with E-state index in [1.165, 1.54) is 0 Å². The molecule has 0 aliphatic heterocycles. The van der Waals surface area contributed by atoms with Gasteiger partial charge in [-0.05, 0) is 26.1 Å². The number of nitrogens with zero attached hydrogens (tertiary/aromatic N) is 2. The van der Waals surface area contributed by atoms with Gasteiger partial charge in [-0.15, -0.1) is 0 Å². The number of nitrogens with one attached hydrogen (secondary N) is 1. The quantitative estimate of drug-likeness (QED) is 0.882. The number of H-pyrrole nitrogens is 1. The molecule has 5 heteroatoms. The smallest absolute Gasteiger partial charge is 0.251 e. The van der Waals surface area contributed by atoms with Crippen molar-refractivity contribution in [2.45, 2.75) is 25.3 Å². The molecule has 3 nitrogen and oxygen atoms in total. The Morgan fingerprint density at radius 1 is 1.33 bits per heavy atom. The molecular formula is C16H19F2N3. The van der Waals surface area contributed by atoms with Crippen LogP contribution in [0.5, 0.6) is 0 Å². The van der Waals surface area contributed by atoms with E-state index >= 15 is 0 Å². The summed E-state index contributed by atoms with van der Waals surface area (Å²) >= 11 is 0. The number of benzene rings is 1. The van der Waals surface area contributed by atoms with Gasteiger partial charge in [0.15, 0.2) is 0 Å². The predicted octanol–water partition coefficient (Wildman–Crippen LogP) is 3.55. The van der Waals surface area contributed by atoms with Crippen LogP contribution in [0.1, 0.15) is 18.5 Å². The Balaban J connectivity index is 1.52. The van der Waals surface area contributed by atoms with Gasteiger partial charge < -0.3 is 4.90 Å². The predicted molar refractivity (Wildman–Crippen MR) is 78.0 cm³/mol. The molecule has 1 aliphatic rings. The standard InChI is InChI=1S/C16H19F2N3/c1-21(8-7-13-10-16(13,17)18)11-14-9-15(20-19-14)12-5-3-2-4-6-12/h2-6,9,13H,7-8,10-11H2,1H3,(H,19,20)/t13-/m0/s1. The van der Waals surface area contributed by atoms with Crippen molar-refractivity contribution in [3.05, 3.63) is 42.1 Å². The van der Waals surface area contributed by atoms with Crippen LogP contribution in [0.15, 0.2) is 36.4 Å². The van der Waals surface area contributed by atoms with Crippen LogP contribution in [-0.2, 0) is 6.54 Å². The Kier molecular flexibility index (Phi) is 3.76. The fourth-order valence-electron chi connectivity index (χ4n) is 2.53. The normalized spacial score (nSPS) is 19.9. The molecule has 1 saturated carbocycles. The Morgan fingerprint density at radius 3 is 2.71 bits per heavy atom. The lowest BCUT2D eigenvalue weighted by atomic mass is 10.1. The second-order valence-electron chi connectivity index (χ2n) is 5.83. The fraction of sp³-hybridized carbons (Fsp3) is 0.438. The molecule has 1 aliphatic carbocycles. The van der Waals surface area contributed by atoms with Gasteiger partial charge in [0.25, 0.3) is 5.92 Å². The first kappa shape index (κ1) is 14.2. The lowest BCUT2D eigenvalue weighted by Crippen LogP contribution is -2.20. The molecule has 112 valence electrons. The highest BCUT2D eigenvalue weighted by molar-refractivity contribution is 5.58. The molecule has 0 amide bonds. The van der Waals surface area contributed by atoms with E-state index in [9.17, 15) is 8.78 Å². The minimum atomic E-state index is -2.41. The number of halogens is 2. The summed E-state index contributed by atoms with van der Waals surface area (Å²) in [5, 5.41) is 7.31. The first-order valence-corrected chi connectivity index (χ1v) is 7.21. The minimum absolute atomic E-state index is 0.0586. The maximum atomic E-state index is 12.8. The maximum absolute atomic E-state index is 12.8. The summed E-state index contributed by atoms with van der Waals surface area (Å²) in [4.78, 5) is 2.05. The van der Waals surface area contributed by atoms with E-state index in [2.05, 4.69) is 15.1 Å². The van der Waals surface area contributed by atoms with Gasteiger partial charge in [-0.2, -0.15) is 5.10 Å². The molecule has 0 bridgehead atoms. The molecule has 0 unspecified atom stereocenters. The topological polar surface area (TPSA) is 31.9 Å². The van der Waals surface area contributed by atoms with Crippen LogP contribution in [0.2, 0.25) is 0 Å². The molecule has 1 N–H and O–H groups in total. The van der Waals surface area contributed by atoms with Gasteiger partial charge in [-0.3, -0.25) is 5.10 Å². The van der Waals surface area contributed by atoms with E-state index in [4.69, 9.17) is 0 Å². The first-order chi connectivity index (χ1) is 10.0. The number of aromatic nitrogens is 2. The molecule has 1 aromatic heterocycles. The van der Waals surface area contributed by atoms with E-state index in [1.807, 2.05) is 43.4 Å². The van der Waals surface area contributed by atoms with Crippen LogP contribution in [0.25, 0.3) is 11.3 Å². The van der Waals surface area contributed by atoms with Crippen LogP contribution in [0.4, 0.5) is 8.78 Å². The van der Waals surface area contributed by atoms with Crippen molar-refractivity contribution in [3.63, 3.8) is 0 Å². The van der Waals surface area contributed by atoms with E-state index in [1.54, 1.807) is 0 Å². The van der Waals surface area contributed by atoms with Crippen molar-refractivity contribution in [2.75, 3.05) is 13.6 Å². The molecule has 1 fully saturated rings. The maximum Gasteiger partial charge on any atom is 0.251 e. The minimum Gasteiger partial charge on any atom is -0.301 e. The van der Waals surface area contributed by atoms with Crippen molar-refractivity contribution < 1.29 is 8.78 Å². The summed E-state index contributed by atoms with van der Waals surface area (Å²) < 4.78 is 25.7. The highest BCUT2D eigenvalue weighted by Gasteiger charge is 2.55. The zero-order valence-electron chi connectivity index (χ0n) is 12.0. The molecule has 0 radical (unpaired) electrons. The molecule has 2 aromatic rings. The summed E-state index contributed by atoms with van der Waals surface area (Å²) in [6.45, 7) is 1.37. The second kappa shape index (κ2) is 5.56. The third-order valence-corrected chi connectivity index (χ3v) is 3.96. The van der Waals surface area contributed by atoms with Gasteiger partial charge >= 0.3 is 0 Å². The van der Waals surface area contributed by atoms with E-state index in [-0.39, 0.29) is 6.42 Å². The zero-order chi connectivity index (χ0) is 14.9. The van der Waals surface area contributed by atoms with E-state index in [0.717, 1.165) is 17.0 Å². The lowest BCUT2D eigenvalue weighted by Gasteiger charge is -2.14. The van der Waals surface area contributed by atoms with Crippen LogP contribution in [-0.4, -0.2) is 34.6 Å². The molecular weight excluding hydrogens is 272 g/mol. The van der Waals surface area contributed by atoms with Crippen molar-refractivity contribution in [1.29, 1.82) is 0 Å². The highest BCUT2D eigenvalue weighted by Crippen LogP contribution is 2.50. The summed E-state index contributed by atoms with van der Waals surface area (Å²) in [7, 11) is 1.95. The highest BCUT2D eigenvalue weighted by atomic mass is 19.3. The van der Waals surface area contributed by atoms with Gasteiger partial charge in [0, 0.05) is 30.1 Å². The molecule has 0 saturated heterocycles. The Labute approximate surface area is 123 Å². The van der Waals surface area contributed by atoms with Gasteiger partial charge in [0.1, 0.15) is 0 Å². The Bertz CT molecular complexity index is 595. The van der Waals surface area contributed by atoms with Crippen LogP contribution >= 0.6 is 0 Å². The van der Waals surface area contributed by atoms with Crippen molar-refractivity contribution >= 4 is 0 Å². The van der Waals surface area contributed by atoms with E-state index < -0.39 is 11.8 Å². The second-order valence-corrected chi connectivity index (χ2v) is 5.83. The SMILES string of the molecule is CN(CC[C@H]1CC1(F)F)Cc1cc(-c2ccccc2)n[nH]1. The molecule has 1 aromatic carbocycles. The first-order valence-electron chi connectivity index (χ1n) is 7.21. The molecule has 21 heavy (non-hydrogen) atoms. The number of alkyl halides is 2. The summed E-state index contributed by atoms with van der Waals surface area (Å²) in [5.41, 5.74) is 2.98. The Morgan fingerprint density at radius 2 is 2.05 bits per heavy atom. The van der Waals surface area contributed by atoms with Gasteiger partial charge in [0.2, 0.25) is 0 Å². The zero-order valence-corrected chi connectivity index (χ0v) is 12.0. The average Bonchev–Trinajstić information content (AvgIpc) is 2.86. The number of aromatic amines is 1. The molecule has 3 rings (SSSR count). The summed E-state index contributed by atoms with van der Waals surface area (Å²) in [6, 6.07) is 12.0. The summed E-state index contributed by atoms with van der Waals surface area (Å²) in [6.07, 6.45) is 0.617. The molecule has 0 spiro atoms. The largest absolute Gasteiger partial charge is 0.301 e. The molecule has 1 atom stereocenters. The fourth-order valence-corrected chi connectivity index (χ4v) is 2.53. The van der Waals surface area contributed by atoms with Gasteiger partial charge in [0.05, 0.1) is 5.69 Å². The van der Waals surface area contributed by atoms with Crippen LogP contribution in [0, 0.1) is 5.92 Å². The summed E-state index contributed by atoms with van der Waals surface area (Å²) in [5.74, 6) is -2.82. The monoisotopic (exact) mass is 291 g/mol. The number of rotatable bonds is 6. The van der Waals surface area contributed by atoms with Crippen molar-refractivity contribution in [1.82, 2.24) is 15.1 Å². The van der Waals surface area contributed by atoms with Crippen molar-refractivity contribution in [2.24, 2.45) is 5.92 Å². The Hall–Kier alpha value is -1.75. The van der Waals surface area contributed by atoms with E-state index in [0.29, 0.717) is 19.5 Å². The average molecular weight is 291 g/mol. The molecule has 1 heterocycles. The third-order valence-electron chi connectivity index (χ3n) is 3.96. The van der Waals surface area contributed by atoms with Crippen LogP contribution < -0.4 is 0 Å². The van der Waals surface area contributed by atoms with Crippen molar-refractivity contribution in [3.8, 4) is 11.3 Å². The third kappa shape index (κ3) is 3.47. The van der Waals surface area contributed by atoms with Gasteiger partial charge in [-0.1, -0.05) is 30.3 Å². The lowest BCUT2D eigenvalue weighted by molar-refractivity contribution is 0.0943.